The van der Waals surface area contributed by atoms with Gasteiger partial charge in [-0.15, -0.1) is 0 Å². The molecule has 5 rings (SSSR count). The van der Waals surface area contributed by atoms with Crippen LogP contribution < -0.4 is 10.1 Å². The number of benzene rings is 3. The Morgan fingerprint density at radius 3 is 2.57 bits per heavy atom. The van der Waals surface area contributed by atoms with Crippen molar-refractivity contribution in [1.29, 1.82) is 0 Å². The number of fused-ring (bicyclic) bond motifs is 2. The zero-order chi connectivity index (χ0) is 26.0. The van der Waals surface area contributed by atoms with Crippen LogP contribution in [0.4, 0.5) is 4.79 Å². The first-order valence-corrected chi connectivity index (χ1v) is 12.2. The van der Waals surface area contributed by atoms with Gasteiger partial charge in [-0.1, -0.05) is 60.7 Å². The van der Waals surface area contributed by atoms with E-state index in [1.807, 2.05) is 66.7 Å². The summed E-state index contributed by atoms with van der Waals surface area (Å²) < 4.78 is 5.86. The van der Waals surface area contributed by atoms with Crippen molar-refractivity contribution in [2.45, 2.75) is 18.9 Å². The van der Waals surface area contributed by atoms with Gasteiger partial charge >= 0.3 is 6.09 Å². The molecule has 3 aromatic rings. The zero-order valence-electron chi connectivity index (χ0n) is 20.5. The van der Waals surface area contributed by atoms with E-state index in [2.05, 4.69) is 10.4 Å². The summed E-state index contributed by atoms with van der Waals surface area (Å²) in [5.41, 5.74) is 0.743. The van der Waals surface area contributed by atoms with Gasteiger partial charge in [0.2, 0.25) is 5.91 Å². The molecule has 2 heterocycles. The molecule has 0 aromatic heterocycles. The standard InChI is InChI=1S/C28H28N4O5/c1-31-26(34)28(16-19-7-3-2-4-8-19)18-32(14-13-24(28)30-31)25(33)23(29-27(35)36)17-37-22-12-11-20-9-5-6-10-21(20)15-22/h2-12,15,23,29H,13-14,16-18H2,1H3,(H,35,36). The van der Waals surface area contributed by atoms with Gasteiger partial charge < -0.3 is 20.1 Å². The van der Waals surface area contributed by atoms with Crippen LogP contribution in [0.15, 0.2) is 77.9 Å². The normalized spacial score (nSPS) is 19.8. The van der Waals surface area contributed by atoms with Crippen molar-refractivity contribution in [1.82, 2.24) is 15.2 Å². The second kappa shape index (κ2) is 9.93. The molecule has 3 amide bonds. The summed E-state index contributed by atoms with van der Waals surface area (Å²) in [5, 5.41) is 19.6. The molecule has 2 atom stereocenters. The van der Waals surface area contributed by atoms with E-state index in [1.165, 1.54) is 5.01 Å². The second-order valence-electron chi connectivity index (χ2n) is 9.45. The van der Waals surface area contributed by atoms with Crippen LogP contribution in [-0.2, 0) is 16.0 Å². The number of carbonyl (C=O) groups is 3. The molecule has 2 aliphatic heterocycles. The molecule has 0 saturated carbocycles. The van der Waals surface area contributed by atoms with Crippen molar-refractivity contribution in [3.63, 3.8) is 0 Å². The van der Waals surface area contributed by atoms with Crippen LogP contribution in [0.2, 0.25) is 0 Å². The fourth-order valence-corrected chi connectivity index (χ4v) is 5.20. The average Bonchev–Trinajstić information content (AvgIpc) is 3.15. The van der Waals surface area contributed by atoms with Crippen LogP contribution in [0.1, 0.15) is 12.0 Å². The largest absolute Gasteiger partial charge is 0.491 e. The Kier molecular flexibility index (Phi) is 6.52. The number of carbonyl (C=O) groups excluding carboxylic acids is 2. The maximum atomic E-state index is 13.6. The van der Waals surface area contributed by atoms with Gasteiger partial charge in [0.15, 0.2) is 0 Å². The van der Waals surface area contributed by atoms with Gasteiger partial charge in [-0.25, -0.2) is 9.80 Å². The van der Waals surface area contributed by atoms with Crippen molar-refractivity contribution in [2.75, 3.05) is 26.7 Å². The van der Waals surface area contributed by atoms with Crippen LogP contribution in [-0.4, -0.2) is 71.4 Å². The summed E-state index contributed by atoms with van der Waals surface area (Å²) in [7, 11) is 1.62. The maximum Gasteiger partial charge on any atom is 0.405 e. The van der Waals surface area contributed by atoms with Crippen molar-refractivity contribution in [2.24, 2.45) is 10.5 Å². The SMILES string of the molecule is CN1N=C2CCN(C(=O)C(COc3ccc4ccccc4c3)NC(=O)O)CC2(Cc2ccccc2)C1=O. The number of ether oxygens (including phenoxy) is 1. The van der Waals surface area contributed by atoms with Crippen molar-refractivity contribution in [3.05, 3.63) is 78.4 Å². The Morgan fingerprint density at radius 2 is 1.81 bits per heavy atom. The lowest BCUT2D eigenvalue weighted by Gasteiger charge is -2.40. The highest BCUT2D eigenvalue weighted by molar-refractivity contribution is 6.13. The first-order valence-electron chi connectivity index (χ1n) is 12.2. The molecule has 190 valence electrons. The van der Waals surface area contributed by atoms with Crippen LogP contribution in [0.25, 0.3) is 10.8 Å². The molecule has 0 aliphatic carbocycles. The molecular formula is C28H28N4O5. The van der Waals surface area contributed by atoms with Crippen LogP contribution >= 0.6 is 0 Å². The number of piperidine rings is 1. The Hall–Kier alpha value is -4.40. The number of carboxylic acid groups (broad SMARTS) is 1. The van der Waals surface area contributed by atoms with E-state index < -0.39 is 23.5 Å². The molecule has 0 spiro atoms. The fraction of sp³-hybridized carbons (Fsp3) is 0.286. The lowest BCUT2D eigenvalue weighted by atomic mass is 9.73. The number of likely N-dealkylation sites (tertiary alicyclic amines) is 1. The van der Waals surface area contributed by atoms with Crippen LogP contribution in [0, 0.1) is 5.41 Å². The number of hydrogen-bond donors (Lipinski definition) is 2. The van der Waals surface area contributed by atoms with Crippen LogP contribution in [0.3, 0.4) is 0 Å². The summed E-state index contributed by atoms with van der Waals surface area (Å²) in [6.07, 6.45) is -0.486. The Labute approximate surface area is 214 Å². The summed E-state index contributed by atoms with van der Waals surface area (Å²) in [6, 6.07) is 21.9. The van der Waals surface area contributed by atoms with E-state index >= 15 is 0 Å². The smallest absolute Gasteiger partial charge is 0.405 e. The monoisotopic (exact) mass is 500 g/mol. The Balaban J connectivity index is 1.36. The van der Waals surface area contributed by atoms with Gasteiger partial charge in [0.25, 0.3) is 5.91 Å². The van der Waals surface area contributed by atoms with Crippen molar-refractivity contribution >= 4 is 34.4 Å². The predicted octanol–water partition coefficient (Wildman–Crippen LogP) is 3.14. The molecule has 3 aromatic carbocycles. The van der Waals surface area contributed by atoms with Crippen molar-refractivity contribution < 1.29 is 24.2 Å². The molecule has 2 unspecified atom stereocenters. The molecule has 0 radical (unpaired) electrons. The van der Waals surface area contributed by atoms with Gasteiger partial charge in [-0.3, -0.25) is 9.59 Å². The van der Waals surface area contributed by atoms with Gasteiger partial charge in [0, 0.05) is 26.6 Å². The minimum atomic E-state index is -1.32. The van der Waals surface area contributed by atoms with E-state index in [0.29, 0.717) is 25.1 Å². The van der Waals surface area contributed by atoms with Gasteiger partial charge in [0.05, 0.1) is 5.71 Å². The van der Waals surface area contributed by atoms with E-state index in [1.54, 1.807) is 18.0 Å². The van der Waals surface area contributed by atoms with Gasteiger partial charge in [-0.2, -0.15) is 5.10 Å². The molecule has 37 heavy (non-hydrogen) atoms. The summed E-state index contributed by atoms with van der Waals surface area (Å²) in [4.78, 5) is 40.0. The first kappa shape index (κ1) is 24.3. The van der Waals surface area contributed by atoms with E-state index in [9.17, 15) is 19.5 Å². The number of rotatable bonds is 7. The minimum Gasteiger partial charge on any atom is -0.491 e. The van der Waals surface area contributed by atoms with Gasteiger partial charge in [0.1, 0.15) is 23.8 Å². The molecule has 0 bridgehead atoms. The fourth-order valence-electron chi connectivity index (χ4n) is 5.20. The third-order valence-electron chi connectivity index (χ3n) is 7.00. The zero-order valence-corrected chi connectivity index (χ0v) is 20.5. The average molecular weight is 501 g/mol. The highest BCUT2D eigenvalue weighted by atomic mass is 16.5. The topological polar surface area (TPSA) is 112 Å². The lowest BCUT2D eigenvalue weighted by Crippen LogP contribution is -2.59. The molecule has 2 N–H and O–H groups in total. The number of hydrogen-bond acceptors (Lipinski definition) is 5. The number of hydrazone groups is 1. The van der Waals surface area contributed by atoms with Crippen molar-refractivity contribution in [3.8, 4) is 5.75 Å². The van der Waals surface area contributed by atoms with Gasteiger partial charge in [-0.05, 0) is 34.9 Å². The molecule has 9 heteroatoms. The second-order valence-corrected chi connectivity index (χ2v) is 9.45. The summed E-state index contributed by atoms with van der Waals surface area (Å²) in [5.74, 6) is -0.0686. The molecule has 1 fully saturated rings. The quantitative estimate of drug-likeness (QED) is 0.518. The highest BCUT2D eigenvalue weighted by Crippen LogP contribution is 2.38. The first-order chi connectivity index (χ1) is 17.9. The van der Waals surface area contributed by atoms with E-state index in [4.69, 9.17) is 4.74 Å². The summed E-state index contributed by atoms with van der Waals surface area (Å²) >= 11 is 0. The molecule has 2 aliphatic rings. The molecular weight excluding hydrogens is 472 g/mol. The minimum absolute atomic E-state index is 0.122. The Bertz CT molecular complexity index is 1380. The predicted molar refractivity (Wildman–Crippen MR) is 138 cm³/mol. The Morgan fingerprint density at radius 1 is 1.08 bits per heavy atom. The lowest BCUT2D eigenvalue weighted by molar-refractivity contribution is -0.141. The third-order valence-corrected chi connectivity index (χ3v) is 7.00. The maximum absolute atomic E-state index is 13.6. The third kappa shape index (κ3) is 4.84. The van der Waals surface area contributed by atoms with E-state index in [-0.39, 0.29) is 19.1 Å². The summed E-state index contributed by atoms with van der Waals surface area (Å²) in [6.45, 7) is 0.278. The molecule has 9 nitrogen and oxygen atoms in total. The number of nitrogens with one attached hydrogen (secondary N) is 1. The highest BCUT2D eigenvalue weighted by Gasteiger charge is 2.53. The van der Waals surface area contributed by atoms with Crippen LogP contribution in [0.5, 0.6) is 5.75 Å². The number of amides is 3. The number of nitrogens with zero attached hydrogens (tertiary/aromatic N) is 3. The molecule has 1 saturated heterocycles. The van der Waals surface area contributed by atoms with E-state index in [0.717, 1.165) is 22.0 Å².